The number of piperazine rings is 1. The summed E-state index contributed by atoms with van der Waals surface area (Å²) in [6.07, 6.45) is 4.76. The van der Waals surface area contributed by atoms with Gasteiger partial charge in [-0.1, -0.05) is 0 Å². The minimum absolute atomic E-state index is 0.0397. The molecule has 0 spiro atoms. The van der Waals surface area contributed by atoms with Crippen molar-refractivity contribution in [2.45, 2.75) is 4.90 Å². The first-order valence-electron chi connectivity index (χ1n) is 7.81. The van der Waals surface area contributed by atoms with Crippen molar-refractivity contribution in [1.29, 1.82) is 0 Å². The van der Waals surface area contributed by atoms with Gasteiger partial charge in [-0.2, -0.15) is 0 Å². The fraction of sp³-hybridized carbons (Fsp3) is 0.312. The van der Waals surface area contributed by atoms with Crippen LogP contribution in [0.3, 0.4) is 0 Å². The Balaban J connectivity index is 1.82. The van der Waals surface area contributed by atoms with E-state index in [0.29, 0.717) is 18.8 Å². The molecule has 1 aliphatic rings. The van der Waals surface area contributed by atoms with E-state index in [1.807, 2.05) is 29.4 Å². The van der Waals surface area contributed by atoms with Crippen LogP contribution in [0.1, 0.15) is 0 Å². The number of nitrogens with one attached hydrogen (secondary N) is 1. The number of hydrogen-bond acceptors (Lipinski definition) is 6. The standard InChI is InChI=1S/C16H18N4O4S/c1-25(23,24)14-2-3-15(16(12-14)20(21)22)19-10-8-18(9-11-19)13-4-6-17-7-5-13/h2-7,12H,8-11H2,1H3/p+1. The van der Waals surface area contributed by atoms with Crippen molar-refractivity contribution in [3.8, 4) is 0 Å². The number of benzene rings is 1. The highest BCUT2D eigenvalue weighted by Crippen LogP contribution is 2.32. The predicted octanol–water partition coefficient (Wildman–Crippen LogP) is 1.14. The minimum Gasteiger partial charge on any atom is -0.368 e. The van der Waals surface area contributed by atoms with Gasteiger partial charge in [0.25, 0.3) is 5.69 Å². The van der Waals surface area contributed by atoms with Crippen LogP contribution in [0.5, 0.6) is 0 Å². The maximum Gasteiger partial charge on any atom is 0.293 e. The molecule has 0 amide bonds. The molecule has 25 heavy (non-hydrogen) atoms. The van der Waals surface area contributed by atoms with Crippen LogP contribution in [-0.4, -0.2) is 45.8 Å². The largest absolute Gasteiger partial charge is 0.368 e. The Morgan fingerprint density at radius 2 is 1.64 bits per heavy atom. The van der Waals surface area contributed by atoms with Crippen molar-refractivity contribution >= 4 is 26.9 Å². The van der Waals surface area contributed by atoms with Gasteiger partial charge in [-0.15, -0.1) is 0 Å². The van der Waals surface area contributed by atoms with Crippen LogP contribution in [-0.2, 0) is 9.84 Å². The zero-order valence-electron chi connectivity index (χ0n) is 13.8. The number of hydrogen-bond donors (Lipinski definition) is 0. The molecule has 0 unspecified atom stereocenters. The number of nitro benzene ring substituents is 1. The van der Waals surface area contributed by atoms with E-state index in [2.05, 4.69) is 9.88 Å². The zero-order valence-corrected chi connectivity index (χ0v) is 14.6. The van der Waals surface area contributed by atoms with Crippen LogP contribution in [0.15, 0.2) is 47.6 Å². The van der Waals surface area contributed by atoms with Crippen molar-refractivity contribution in [2.75, 3.05) is 42.2 Å². The molecular weight excluding hydrogens is 344 g/mol. The Morgan fingerprint density at radius 3 is 2.20 bits per heavy atom. The summed E-state index contributed by atoms with van der Waals surface area (Å²) < 4.78 is 23.3. The average Bonchev–Trinajstić information content (AvgIpc) is 2.61. The fourth-order valence-electron chi connectivity index (χ4n) is 2.94. The van der Waals surface area contributed by atoms with Gasteiger partial charge >= 0.3 is 0 Å². The molecule has 1 N–H and O–H groups in total. The van der Waals surface area contributed by atoms with Crippen molar-refractivity contribution in [3.05, 3.63) is 52.8 Å². The third kappa shape index (κ3) is 3.71. The van der Waals surface area contributed by atoms with E-state index < -0.39 is 14.8 Å². The molecular formula is C16H19N4O4S+. The lowest BCUT2D eigenvalue weighted by atomic mass is 10.2. The summed E-state index contributed by atoms with van der Waals surface area (Å²) in [6, 6.07) is 8.07. The van der Waals surface area contributed by atoms with Gasteiger partial charge in [0.05, 0.1) is 9.82 Å². The van der Waals surface area contributed by atoms with E-state index in [1.54, 1.807) is 0 Å². The molecule has 9 heteroatoms. The van der Waals surface area contributed by atoms with E-state index >= 15 is 0 Å². The summed E-state index contributed by atoms with van der Waals surface area (Å²) >= 11 is 0. The number of aromatic nitrogens is 1. The third-order valence-electron chi connectivity index (χ3n) is 4.26. The van der Waals surface area contributed by atoms with Gasteiger partial charge in [-0.3, -0.25) is 10.1 Å². The van der Waals surface area contributed by atoms with E-state index in [9.17, 15) is 18.5 Å². The van der Waals surface area contributed by atoms with E-state index in [1.165, 1.54) is 12.1 Å². The van der Waals surface area contributed by atoms with Gasteiger partial charge in [0.1, 0.15) is 5.69 Å². The SMILES string of the molecule is CS(=O)(=O)c1ccc(N2CCN(c3cc[nH+]cc3)CC2)c([N+](=O)[O-])c1. The topological polar surface area (TPSA) is 97.9 Å². The molecule has 3 rings (SSSR count). The molecule has 1 fully saturated rings. The molecule has 2 aromatic rings. The van der Waals surface area contributed by atoms with Gasteiger partial charge in [-0.25, -0.2) is 13.4 Å². The molecule has 0 saturated carbocycles. The van der Waals surface area contributed by atoms with E-state index in [0.717, 1.165) is 31.1 Å². The van der Waals surface area contributed by atoms with Crippen molar-refractivity contribution in [3.63, 3.8) is 0 Å². The molecule has 2 heterocycles. The number of anilines is 2. The molecule has 1 saturated heterocycles. The lowest BCUT2D eigenvalue weighted by Gasteiger charge is -2.36. The maximum absolute atomic E-state index is 11.6. The van der Waals surface area contributed by atoms with Gasteiger partial charge < -0.3 is 9.80 Å². The Labute approximate surface area is 145 Å². The number of nitro groups is 1. The van der Waals surface area contributed by atoms with Crippen LogP contribution in [0.2, 0.25) is 0 Å². The highest BCUT2D eigenvalue weighted by molar-refractivity contribution is 7.90. The quantitative estimate of drug-likeness (QED) is 0.597. The predicted molar refractivity (Wildman–Crippen MR) is 93.6 cm³/mol. The second-order valence-electron chi connectivity index (χ2n) is 5.91. The number of aromatic amines is 1. The number of rotatable bonds is 4. The molecule has 0 bridgehead atoms. The monoisotopic (exact) mass is 363 g/mol. The smallest absolute Gasteiger partial charge is 0.293 e. The van der Waals surface area contributed by atoms with Gasteiger partial charge in [-0.05, 0) is 12.1 Å². The normalized spacial score (nSPS) is 15.2. The van der Waals surface area contributed by atoms with E-state index in [-0.39, 0.29) is 10.6 Å². The van der Waals surface area contributed by atoms with Crippen LogP contribution in [0.4, 0.5) is 17.1 Å². The number of sulfone groups is 1. The number of H-pyrrole nitrogens is 1. The van der Waals surface area contributed by atoms with Gasteiger partial charge in [0.15, 0.2) is 22.2 Å². The zero-order chi connectivity index (χ0) is 18.0. The minimum atomic E-state index is -3.49. The summed E-state index contributed by atoms with van der Waals surface area (Å²) in [5.74, 6) is 0. The fourth-order valence-corrected chi connectivity index (χ4v) is 3.58. The van der Waals surface area contributed by atoms with Crippen LogP contribution in [0.25, 0.3) is 0 Å². The highest BCUT2D eigenvalue weighted by Gasteiger charge is 2.25. The van der Waals surface area contributed by atoms with Crippen LogP contribution < -0.4 is 14.8 Å². The first kappa shape index (κ1) is 17.2. The summed E-state index contributed by atoms with van der Waals surface area (Å²) in [4.78, 5) is 18.0. The Bertz CT molecular complexity index is 878. The average molecular weight is 363 g/mol. The van der Waals surface area contributed by atoms with Gasteiger partial charge in [0, 0.05) is 56.3 Å². The van der Waals surface area contributed by atoms with Crippen molar-refractivity contribution in [2.24, 2.45) is 0 Å². The van der Waals surface area contributed by atoms with E-state index in [4.69, 9.17) is 0 Å². The maximum atomic E-state index is 11.6. The molecule has 1 aromatic carbocycles. The second-order valence-corrected chi connectivity index (χ2v) is 7.93. The number of pyridine rings is 1. The Kier molecular flexibility index (Phi) is 4.58. The summed E-state index contributed by atoms with van der Waals surface area (Å²) in [7, 11) is -3.49. The molecule has 132 valence electrons. The molecule has 0 atom stereocenters. The lowest BCUT2D eigenvalue weighted by molar-refractivity contribution is -0.384. The molecule has 0 aliphatic carbocycles. The lowest BCUT2D eigenvalue weighted by Crippen LogP contribution is -2.46. The highest BCUT2D eigenvalue weighted by atomic mass is 32.2. The first-order valence-corrected chi connectivity index (χ1v) is 9.70. The summed E-state index contributed by atoms with van der Waals surface area (Å²) in [5, 5.41) is 11.4. The van der Waals surface area contributed by atoms with Crippen LogP contribution in [0, 0.1) is 10.1 Å². The summed E-state index contributed by atoms with van der Waals surface area (Å²) in [6.45, 7) is 2.71. The van der Waals surface area contributed by atoms with Crippen molar-refractivity contribution in [1.82, 2.24) is 0 Å². The number of nitrogens with zero attached hydrogens (tertiary/aromatic N) is 3. The molecule has 1 aromatic heterocycles. The Morgan fingerprint density at radius 1 is 1.04 bits per heavy atom. The van der Waals surface area contributed by atoms with Crippen molar-refractivity contribution < 1.29 is 18.3 Å². The Hall–Kier alpha value is -2.68. The van der Waals surface area contributed by atoms with Gasteiger partial charge in [0.2, 0.25) is 0 Å². The molecule has 0 radical (unpaired) electrons. The second kappa shape index (κ2) is 6.67. The molecule has 1 aliphatic heterocycles. The molecule has 8 nitrogen and oxygen atoms in total. The summed E-state index contributed by atoms with van der Waals surface area (Å²) in [5.41, 5.74) is 1.38. The van der Waals surface area contributed by atoms with Crippen LogP contribution >= 0.6 is 0 Å². The third-order valence-corrected chi connectivity index (χ3v) is 5.37. The first-order chi connectivity index (χ1) is 11.9.